The molecule has 2 aromatic carbocycles. The van der Waals surface area contributed by atoms with E-state index < -0.39 is 0 Å². The molecule has 2 nitrogen and oxygen atoms in total. The van der Waals surface area contributed by atoms with E-state index in [1.54, 1.807) is 5.70 Å². The van der Waals surface area contributed by atoms with Gasteiger partial charge < -0.3 is 4.90 Å². The highest BCUT2D eigenvalue weighted by Crippen LogP contribution is 2.36. The molecule has 0 aliphatic carbocycles. The molecular weight excluding hydrogens is 352 g/mol. The van der Waals surface area contributed by atoms with Crippen molar-refractivity contribution in [1.82, 2.24) is 4.90 Å². The summed E-state index contributed by atoms with van der Waals surface area (Å²) in [7, 11) is 0. The summed E-state index contributed by atoms with van der Waals surface area (Å²) in [6, 6.07) is 21.9. The first-order valence-electron chi connectivity index (χ1n) is 11.3. The Kier molecular flexibility index (Phi) is 6.18. The third kappa shape index (κ3) is 4.63. The molecular formula is C27H35N2+. The zero-order chi connectivity index (χ0) is 20.1. The molecule has 0 aromatic heterocycles. The lowest BCUT2D eigenvalue weighted by atomic mass is 9.77. The molecule has 0 saturated carbocycles. The van der Waals surface area contributed by atoms with E-state index in [2.05, 4.69) is 96.3 Å². The number of aryl methyl sites for hydroxylation is 1. The smallest absolute Gasteiger partial charge is 0.165 e. The maximum absolute atomic E-state index is 2.65. The normalized spacial score (nSPS) is 21.0. The quantitative estimate of drug-likeness (QED) is 0.582. The van der Waals surface area contributed by atoms with Crippen molar-refractivity contribution >= 4 is 6.21 Å². The summed E-state index contributed by atoms with van der Waals surface area (Å²) in [5.74, 6) is 0.518. The summed E-state index contributed by atoms with van der Waals surface area (Å²) >= 11 is 0. The highest BCUT2D eigenvalue weighted by atomic mass is 15.2. The SMILES string of the molecule is CC1(C)C(Cc2ccccc2)C(N2CCCC2)=CC=[N+]1CCCc1ccccc1. The number of hydrogen-bond acceptors (Lipinski definition) is 1. The molecule has 2 aliphatic heterocycles. The second kappa shape index (κ2) is 8.98. The summed E-state index contributed by atoms with van der Waals surface area (Å²) in [6.07, 6.45) is 10.9. The predicted octanol–water partition coefficient (Wildman–Crippen LogP) is 5.33. The van der Waals surface area contributed by atoms with Gasteiger partial charge in [0.05, 0.1) is 5.92 Å². The van der Waals surface area contributed by atoms with Crippen LogP contribution in [0.1, 0.15) is 44.2 Å². The lowest BCUT2D eigenvalue weighted by molar-refractivity contribution is -0.607. The van der Waals surface area contributed by atoms with Crippen LogP contribution in [-0.4, -0.2) is 40.9 Å². The number of nitrogens with zero attached hydrogens (tertiary/aromatic N) is 2. The lowest BCUT2D eigenvalue weighted by Crippen LogP contribution is -2.50. The molecule has 2 heteroatoms. The molecule has 2 aromatic rings. The first-order valence-corrected chi connectivity index (χ1v) is 11.3. The zero-order valence-electron chi connectivity index (χ0n) is 18.1. The number of allylic oxidation sites excluding steroid dienone is 1. The van der Waals surface area contributed by atoms with Gasteiger partial charge in [0.25, 0.3) is 0 Å². The van der Waals surface area contributed by atoms with Crippen molar-refractivity contribution in [3.63, 3.8) is 0 Å². The third-order valence-corrected chi connectivity index (χ3v) is 6.84. The highest BCUT2D eigenvalue weighted by molar-refractivity contribution is 5.69. The van der Waals surface area contributed by atoms with E-state index in [1.807, 2.05) is 0 Å². The van der Waals surface area contributed by atoms with Crippen LogP contribution < -0.4 is 0 Å². The molecule has 29 heavy (non-hydrogen) atoms. The van der Waals surface area contributed by atoms with Gasteiger partial charge in [-0.25, -0.2) is 4.58 Å². The lowest BCUT2D eigenvalue weighted by Gasteiger charge is -2.39. The molecule has 0 spiro atoms. The van der Waals surface area contributed by atoms with E-state index in [4.69, 9.17) is 0 Å². The van der Waals surface area contributed by atoms with Crippen LogP contribution >= 0.6 is 0 Å². The highest BCUT2D eigenvalue weighted by Gasteiger charge is 2.45. The van der Waals surface area contributed by atoms with Crippen LogP contribution in [0.4, 0.5) is 0 Å². The Morgan fingerprint density at radius 1 is 0.897 bits per heavy atom. The third-order valence-electron chi connectivity index (χ3n) is 6.84. The van der Waals surface area contributed by atoms with Crippen LogP contribution in [0, 0.1) is 5.92 Å². The van der Waals surface area contributed by atoms with Crippen LogP contribution in [0.15, 0.2) is 72.4 Å². The van der Waals surface area contributed by atoms with Gasteiger partial charge in [-0.2, -0.15) is 0 Å². The van der Waals surface area contributed by atoms with Crippen LogP contribution in [0.2, 0.25) is 0 Å². The standard InChI is InChI=1S/C27H35N2/c1-27(2)25(22-24-14-7-4-8-15-24)26(28-18-9-10-19-28)17-21-29(27)20-11-16-23-12-5-3-6-13-23/h3-8,12-15,17,21,25H,9-11,16,18-20,22H2,1-2H3/q+1. The largest absolute Gasteiger partial charge is 0.374 e. The van der Waals surface area contributed by atoms with Gasteiger partial charge in [-0.15, -0.1) is 0 Å². The van der Waals surface area contributed by atoms with Gasteiger partial charge >= 0.3 is 0 Å². The Balaban J connectivity index is 1.53. The van der Waals surface area contributed by atoms with Gasteiger partial charge in [-0.1, -0.05) is 60.7 Å². The van der Waals surface area contributed by atoms with Crippen molar-refractivity contribution in [2.75, 3.05) is 19.6 Å². The van der Waals surface area contributed by atoms with Crippen molar-refractivity contribution in [2.45, 2.75) is 51.5 Å². The van der Waals surface area contributed by atoms with Gasteiger partial charge in [-0.05, 0) is 36.8 Å². The van der Waals surface area contributed by atoms with E-state index in [0.717, 1.165) is 19.4 Å². The minimum Gasteiger partial charge on any atom is -0.374 e. The summed E-state index contributed by atoms with van der Waals surface area (Å²) < 4.78 is 2.60. The van der Waals surface area contributed by atoms with Crippen LogP contribution in [-0.2, 0) is 12.8 Å². The summed E-state index contributed by atoms with van der Waals surface area (Å²) in [5.41, 5.74) is 4.55. The molecule has 1 atom stereocenters. The van der Waals surface area contributed by atoms with Crippen molar-refractivity contribution in [2.24, 2.45) is 5.92 Å². The minimum absolute atomic E-state index is 0.110. The zero-order valence-corrected chi connectivity index (χ0v) is 18.1. The molecule has 2 heterocycles. The monoisotopic (exact) mass is 387 g/mol. The van der Waals surface area contributed by atoms with Crippen molar-refractivity contribution in [3.8, 4) is 0 Å². The van der Waals surface area contributed by atoms with Gasteiger partial charge in [0, 0.05) is 45.1 Å². The van der Waals surface area contributed by atoms with Crippen LogP contribution in [0.25, 0.3) is 0 Å². The molecule has 1 unspecified atom stereocenters. The average molecular weight is 388 g/mol. The summed E-state index contributed by atoms with van der Waals surface area (Å²) in [5, 5.41) is 0. The molecule has 152 valence electrons. The Labute approximate surface area is 176 Å². The molecule has 0 bridgehead atoms. The van der Waals surface area contributed by atoms with Crippen molar-refractivity contribution < 1.29 is 4.58 Å². The maximum atomic E-state index is 2.65. The maximum Gasteiger partial charge on any atom is 0.165 e. The molecule has 4 rings (SSSR count). The van der Waals surface area contributed by atoms with E-state index in [-0.39, 0.29) is 5.54 Å². The number of benzene rings is 2. The summed E-state index contributed by atoms with van der Waals surface area (Å²) in [6.45, 7) is 8.44. The van der Waals surface area contributed by atoms with Gasteiger partial charge in [0.2, 0.25) is 0 Å². The Hall–Kier alpha value is -2.35. The Bertz CT molecular complexity index is 843. The predicted molar refractivity (Wildman–Crippen MR) is 123 cm³/mol. The van der Waals surface area contributed by atoms with E-state index in [0.29, 0.717) is 5.92 Å². The first-order chi connectivity index (χ1) is 14.1. The van der Waals surface area contributed by atoms with E-state index in [9.17, 15) is 0 Å². The van der Waals surface area contributed by atoms with E-state index in [1.165, 1.54) is 43.5 Å². The van der Waals surface area contributed by atoms with Gasteiger partial charge in [-0.3, -0.25) is 0 Å². The number of likely N-dealkylation sites (tertiary alicyclic amines) is 1. The molecule has 0 radical (unpaired) electrons. The Morgan fingerprint density at radius 2 is 1.52 bits per heavy atom. The second-order valence-corrected chi connectivity index (χ2v) is 9.11. The fraction of sp³-hybridized carbons (Fsp3) is 0.444. The molecule has 0 amide bonds. The fourth-order valence-corrected chi connectivity index (χ4v) is 5.00. The van der Waals surface area contributed by atoms with Crippen LogP contribution in [0.3, 0.4) is 0 Å². The Morgan fingerprint density at radius 3 is 2.17 bits per heavy atom. The fourth-order valence-electron chi connectivity index (χ4n) is 5.00. The number of rotatable bonds is 7. The van der Waals surface area contributed by atoms with Crippen molar-refractivity contribution in [1.29, 1.82) is 0 Å². The van der Waals surface area contributed by atoms with E-state index >= 15 is 0 Å². The minimum atomic E-state index is 0.110. The molecule has 2 aliphatic rings. The topological polar surface area (TPSA) is 6.25 Å². The molecule has 0 N–H and O–H groups in total. The van der Waals surface area contributed by atoms with Gasteiger partial charge in [0.1, 0.15) is 6.54 Å². The molecule has 1 saturated heterocycles. The van der Waals surface area contributed by atoms with Crippen LogP contribution in [0.5, 0.6) is 0 Å². The molecule has 1 fully saturated rings. The number of hydrogen-bond donors (Lipinski definition) is 0. The second-order valence-electron chi connectivity index (χ2n) is 9.11. The summed E-state index contributed by atoms with van der Waals surface area (Å²) in [4.78, 5) is 2.65. The van der Waals surface area contributed by atoms with Crippen molar-refractivity contribution in [3.05, 3.63) is 83.6 Å². The first kappa shape index (κ1) is 19.9. The van der Waals surface area contributed by atoms with Gasteiger partial charge in [0.15, 0.2) is 11.8 Å². The average Bonchev–Trinajstić information content (AvgIpc) is 3.27.